The lowest BCUT2D eigenvalue weighted by Gasteiger charge is -2.15. The summed E-state index contributed by atoms with van der Waals surface area (Å²) in [4.78, 5) is 14.6. The molecule has 1 aliphatic rings. The Kier molecular flexibility index (Phi) is 3.39. The van der Waals surface area contributed by atoms with E-state index in [0.29, 0.717) is 11.3 Å². The first-order valence-corrected chi connectivity index (χ1v) is 5.57. The largest absolute Gasteiger partial charge is 0.490 e. The van der Waals surface area contributed by atoms with Crippen LogP contribution in [-0.2, 0) is 11.2 Å². The van der Waals surface area contributed by atoms with Crippen molar-refractivity contribution >= 4 is 5.97 Å². The van der Waals surface area contributed by atoms with Crippen molar-refractivity contribution in [2.75, 3.05) is 0 Å². The number of nitrogens with zero attached hydrogens (tertiary/aromatic N) is 1. The standard InChI is InChI=1S/C12H15NO3/c14-12(15)7-9-8-13-6-5-11(9)16-10-3-1-2-4-10/h5-6,8,10H,1-4,7H2,(H,14,15). The number of rotatable bonds is 4. The summed E-state index contributed by atoms with van der Waals surface area (Å²) < 4.78 is 5.80. The Morgan fingerprint density at radius 2 is 2.25 bits per heavy atom. The molecule has 0 atom stereocenters. The van der Waals surface area contributed by atoms with E-state index in [-0.39, 0.29) is 12.5 Å². The predicted octanol–water partition coefficient (Wildman–Crippen LogP) is 2.03. The van der Waals surface area contributed by atoms with Crippen LogP contribution in [0.2, 0.25) is 0 Å². The molecular weight excluding hydrogens is 206 g/mol. The molecule has 0 spiro atoms. The predicted molar refractivity (Wildman–Crippen MR) is 58.5 cm³/mol. The molecule has 0 unspecified atom stereocenters. The van der Waals surface area contributed by atoms with Crippen molar-refractivity contribution in [1.82, 2.24) is 4.98 Å². The Labute approximate surface area is 94.3 Å². The van der Waals surface area contributed by atoms with Gasteiger partial charge in [0.25, 0.3) is 0 Å². The zero-order valence-corrected chi connectivity index (χ0v) is 9.06. The van der Waals surface area contributed by atoms with Gasteiger partial charge in [-0.1, -0.05) is 0 Å². The number of carboxylic acid groups (broad SMARTS) is 1. The molecule has 0 aromatic carbocycles. The first kappa shape index (κ1) is 10.9. The van der Waals surface area contributed by atoms with E-state index in [1.807, 2.05) is 0 Å². The SMILES string of the molecule is O=C(O)Cc1cnccc1OC1CCCC1. The topological polar surface area (TPSA) is 59.4 Å². The zero-order valence-electron chi connectivity index (χ0n) is 9.06. The average molecular weight is 221 g/mol. The lowest BCUT2D eigenvalue weighted by molar-refractivity contribution is -0.136. The van der Waals surface area contributed by atoms with Gasteiger partial charge in [0.1, 0.15) is 5.75 Å². The lowest BCUT2D eigenvalue weighted by Crippen LogP contribution is -2.13. The zero-order chi connectivity index (χ0) is 11.4. The van der Waals surface area contributed by atoms with Gasteiger partial charge in [-0.2, -0.15) is 0 Å². The molecule has 0 bridgehead atoms. The molecule has 1 N–H and O–H groups in total. The molecule has 0 amide bonds. The average Bonchev–Trinajstić information content (AvgIpc) is 2.73. The Hall–Kier alpha value is -1.58. The van der Waals surface area contributed by atoms with Crippen LogP contribution in [0.3, 0.4) is 0 Å². The minimum atomic E-state index is -0.857. The van der Waals surface area contributed by atoms with Crippen LogP contribution in [0.4, 0.5) is 0 Å². The first-order valence-electron chi connectivity index (χ1n) is 5.57. The smallest absolute Gasteiger partial charge is 0.308 e. The third kappa shape index (κ3) is 2.72. The van der Waals surface area contributed by atoms with Gasteiger partial charge in [0.05, 0.1) is 12.5 Å². The number of carbonyl (C=O) groups is 1. The summed E-state index contributed by atoms with van der Waals surface area (Å²) in [5.74, 6) is -0.187. The first-order chi connectivity index (χ1) is 7.75. The van der Waals surface area contributed by atoms with E-state index in [0.717, 1.165) is 12.8 Å². The normalized spacial score (nSPS) is 16.2. The maximum absolute atomic E-state index is 10.7. The number of ether oxygens (including phenoxy) is 1. The van der Waals surface area contributed by atoms with Crippen molar-refractivity contribution in [2.24, 2.45) is 0 Å². The number of aliphatic carboxylic acids is 1. The van der Waals surface area contributed by atoms with Crippen LogP contribution in [0.25, 0.3) is 0 Å². The third-order valence-corrected chi connectivity index (χ3v) is 2.80. The number of carboxylic acids is 1. The van der Waals surface area contributed by atoms with Gasteiger partial charge < -0.3 is 9.84 Å². The van der Waals surface area contributed by atoms with Gasteiger partial charge in [-0.15, -0.1) is 0 Å². The monoisotopic (exact) mass is 221 g/mol. The van der Waals surface area contributed by atoms with Gasteiger partial charge in [-0.25, -0.2) is 0 Å². The Balaban J connectivity index is 2.09. The number of hydrogen-bond donors (Lipinski definition) is 1. The quantitative estimate of drug-likeness (QED) is 0.845. The molecule has 1 aromatic rings. The molecule has 0 radical (unpaired) electrons. The molecule has 2 rings (SSSR count). The maximum atomic E-state index is 10.7. The van der Waals surface area contributed by atoms with Crippen LogP contribution >= 0.6 is 0 Å². The van der Waals surface area contributed by atoms with Crippen molar-refractivity contribution in [3.8, 4) is 5.75 Å². The maximum Gasteiger partial charge on any atom is 0.308 e. The Bertz CT molecular complexity index is 372. The number of aromatic nitrogens is 1. The highest BCUT2D eigenvalue weighted by molar-refractivity contribution is 5.71. The van der Waals surface area contributed by atoms with E-state index in [1.165, 1.54) is 12.8 Å². The summed E-state index contributed by atoms with van der Waals surface area (Å²) in [6.07, 6.45) is 7.94. The second-order valence-electron chi connectivity index (χ2n) is 4.08. The van der Waals surface area contributed by atoms with Gasteiger partial charge in [-0.05, 0) is 31.7 Å². The van der Waals surface area contributed by atoms with Crippen molar-refractivity contribution in [3.63, 3.8) is 0 Å². The van der Waals surface area contributed by atoms with E-state index in [2.05, 4.69) is 4.98 Å². The molecule has 1 aromatic heterocycles. The van der Waals surface area contributed by atoms with Gasteiger partial charge in [-0.3, -0.25) is 9.78 Å². The van der Waals surface area contributed by atoms with Crippen LogP contribution in [0.15, 0.2) is 18.5 Å². The molecule has 4 heteroatoms. The van der Waals surface area contributed by atoms with Gasteiger partial charge >= 0.3 is 5.97 Å². The fourth-order valence-electron chi connectivity index (χ4n) is 2.01. The summed E-state index contributed by atoms with van der Waals surface area (Å²) >= 11 is 0. The van der Waals surface area contributed by atoms with Crippen molar-refractivity contribution in [2.45, 2.75) is 38.2 Å². The summed E-state index contributed by atoms with van der Waals surface area (Å²) in [5.41, 5.74) is 0.655. The molecular formula is C12H15NO3. The van der Waals surface area contributed by atoms with Gasteiger partial charge in [0.2, 0.25) is 0 Å². The summed E-state index contributed by atoms with van der Waals surface area (Å²) in [7, 11) is 0. The molecule has 1 fully saturated rings. The lowest BCUT2D eigenvalue weighted by atomic mass is 10.2. The van der Waals surface area contributed by atoms with E-state index in [4.69, 9.17) is 9.84 Å². The van der Waals surface area contributed by atoms with Crippen molar-refractivity contribution < 1.29 is 14.6 Å². The van der Waals surface area contributed by atoms with Crippen LogP contribution in [-0.4, -0.2) is 22.2 Å². The summed E-state index contributed by atoms with van der Waals surface area (Å²) in [5, 5.41) is 8.77. The van der Waals surface area contributed by atoms with Crippen LogP contribution < -0.4 is 4.74 Å². The van der Waals surface area contributed by atoms with Crippen molar-refractivity contribution in [1.29, 1.82) is 0 Å². The van der Waals surface area contributed by atoms with E-state index in [1.54, 1.807) is 18.5 Å². The van der Waals surface area contributed by atoms with E-state index >= 15 is 0 Å². The Morgan fingerprint density at radius 3 is 2.94 bits per heavy atom. The van der Waals surface area contributed by atoms with Crippen LogP contribution in [0, 0.1) is 0 Å². The second kappa shape index (κ2) is 4.96. The molecule has 1 heterocycles. The van der Waals surface area contributed by atoms with Crippen LogP contribution in [0.1, 0.15) is 31.2 Å². The molecule has 1 aliphatic carbocycles. The van der Waals surface area contributed by atoms with E-state index in [9.17, 15) is 4.79 Å². The Morgan fingerprint density at radius 1 is 1.50 bits per heavy atom. The minimum absolute atomic E-state index is 0.0319. The second-order valence-corrected chi connectivity index (χ2v) is 4.08. The molecule has 1 saturated carbocycles. The highest BCUT2D eigenvalue weighted by Gasteiger charge is 2.18. The molecule has 0 aliphatic heterocycles. The molecule has 4 nitrogen and oxygen atoms in total. The van der Waals surface area contributed by atoms with Gasteiger partial charge in [0.15, 0.2) is 0 Å². The molecule has 86 valence electrons. The number of hydrogen-bond acceptors (Lipinski definition) is 3. The highest BCUT2D eigenvalue weighted by atomic mass is 16.5. The van der Waals surface area contributed by atoms with Gasteiger partial charge in [0, 0.05) is 18.0 Å². The minimum Gasteiger partial charge on any atom is -0.490 e. The summed E-state index contributed by atoms with van der Waals surface area (Å²) in [6, 6.07) is 1.75. The van der Waals surface area contributed by atoms with Crippen molar-refractivity contribution in [3.05, 3.63) is 24.0 Å². The highest BCUT2D eigenvalue weighted by Crippen LogP contribution is 2.26. The van der Waals surface area contributed by atoms with E-state index < -0.39 is 5.97 Å². The molecule has 16 heavy (non-hydrogen) atoms. The fourth-order valence-corrected chi connectivity index (χ4v) is 2.01. The molecule has 0 saturated heterocycles. The summed E-state index contributed by atoms with van der Waals surface area (Å²) in [6.45, 7) is 0. The third-order valence-electron chi connectivity index (χ3n) is 2.80. The number of pyridine rings is 1. The fraction of sp³-hybridized carbons (Fsp3) is 0.500. The van der Waals surface area contributed by atoms with Crippen LogP contribution in [0.5, 0.6) is 5.75 Å².